The fourth-order valence-corrected chi connectivity index (χ4v) is 2.84. The van der Waals surface area contributed by atoms with Gasteiger partial charge in [0.15, 0.2) is 0 Å². The highest BCUT2D eigenvalue weighted by Crippen LogP contribution is 2.25. The minimum atomic E-state index is 0.599. The summed E-state index contributed by atoms with van der Waals surface area (Å²) in [5.74, 6) is 0. The molecule has 0 bridgehead atoms. The molecule has 1 aromatic rings. The second-order valence-electron chi connectivity index (χ2n) is 5.80. The first-order chi connectivity index (χ1) is 8.58. The van der Waals surface area contributed by atoms with Crippen molar-refractivity contribution in [3.8, 4) is 0 Å². The van der Waals surface area contributed by atoms with Gasteiger partial charge in [-0.25, -0.2) is 0 Å². The highest BCUT2D eigenvalue weighted by Gasteiger charge is 2.20. The Morgan fingerprint density at radius 1 is 1.17 bits per heavy atom. The van der Waals surface area contributed by atoms with Crippen LogP contribution in [0.5, 0.6) is 0 Å². The zero-order chi connectivity index (χ0) is 13.1. The molecular formula is C16H26N2. The molecule has 0 saturated carbocycles. The van der Waals surface area contributed by atoms with Gasteiger partial charge >= 0.3 is 0 Å². The topological polar surface area (TPSA) is 15.3 Å². The van der Waals surface area contributed by atoms with Crippen molar-refractivity contribution in [2.75, 3.05) is 18.0 Å². The van der Waals surface area contributed by atoms with Crippen LogP contribution < -0.4 is 10.2 Å². The minimum absolute atomic E-state index is 0.599. The zero-order valence-electron chi connectivity index (χ0n) is 12.2. The molecule has 1 aliphatic rings. The van der Waals surface area contributed by atoms with Gasteiger partial charge in [0, 0.05) is 30.9 Å². The molecule has 1 saturated heterocycles. The van der Waals surface area contributed by atoms with Crippen molar-refractivity contribution < 1.29 is 0 Å². The molecule has 1 aromatic carbocycles. The molecule has 0 aliphatic carbocycles. The van der Waals surface area contributed by atoms with Gasteiger partial charge < -0.3 is 10.2 Å². The third-order valence-corrected chi connectivity index (χ3v) is 3.98. The lowest BCUT2D eigenvalue weighted by atomic mass is 10.0. The van der Waals surface area contributed by atoms with Crippen LogP contribution >= 0.6 is 0 Å². The van der Waals surface area contributed by atoms with Gasteiger partial charge in [-0.1, -0.05) is 26.0 Å². The SMILES string of the molecule is Cc1cccc(N2CCC(NC(C)C)CC2)c1C. The smallest absolute Gasteiger partial charge is 0.0398 e. The lowest BCUT2D eigenvalue weighted by molar-refractivity contribution is 0.387. The van der Waals surface area contributed by atoms with E-state index in [1.165, 1.54) is 42.7 Å². The fourth-order valence-electron chi connectivity index (χ4n) is 2.84. The number of hydrogen-bond acceptors (Lipinski definition) is 2. The summed E-state index contributed by atoms with van der Waals surface area (Å²) < 4.78 is 0. The Bertz CT molecular complexity index is 390. The summed E-state index contributed by atoms with van der Waals surface area (Å²) in [5, 5.41) is 3.65. The van der Waals surface area contributed by atoms with E-state index in [2.05, 4.69) is 56.1 Å². The molecule has 2 nitrogen and oxygen atoms in total. The average Bonchev–Trinajstić information content (AvgIpc) is 2.33. The predicted octanol–water partition coefficient (Wildman–Crippen LogP) is 3.27. The van der Waals surface area contributed by atoms with Crippen LogP contribution in [0.2, 0.25) is 0 Å². The fraction of sp³-hybridized carbons (Fsp3) is 0.625. The van der Waals surface area contributed by atoms with Crippen LogP contribution in [0.1, 0.15) is 37.8 Å². The molecule has 0 amide bonds. The molecule has 2 rings (SSSR count). The van der Waals surface area contributed by atoms with E-state index in [0.717, 1.165) is 0 Å². The Morgan fingerprint density at radius 2 is 1.83 bits per heavy atom. The van der Waals surface area contributed by atoms with Crippen molar-refractivity contribution in [2.45, 2.75) is 52.6 Å². The number of piperidine rings is 1. The Labute approximate surface area is 111 Å². The number of anilines is 1. The van der Waals surface area contributed by atoms with Crippen LogP contribution in [0.15, 0.2) is 18.2 Å². The van der Waals surface area contributed by atoms with Gasteiger partial charge in [0.2, 0.25) is 0 Å². The number of rotatable bonds is 3. The molecule has 100 valence electrons. The summed E-state index contributed by atoms with van der Waals surface area (Å²) in [5.41, 5.74) is 4.26. The number of benzene rings is 1. The van der Waals surface area contributed by atoms with Crippen LogP contribution in [-0.2, 0) is 0 Å². The van der Waals surface area contributed by atoms with Crippen molar-refractivity contribution in [1.29, 1.82) is 0 Å². The highest BCUT2D eigenvalue weighted by atomic mass is 15.1. The van der Waals surface area contributed by atoms with Gasteiger partial charge in [-0.2, -0.15) is 0 Å². The second-order valence-corrected chi connectivity index (χ2v) is 5.80. The first kappa shape index (κ1) is 13.4. The Kier molecular flexibility index (Phi) is 4.28. The van der Waals surface area contributed by atoms with Crippen molar-refractivity contribution in [3.63, 3.8) is 0 Å². The summed E-state index contributed by atoms with van der Waals surface area (Å²) in [6.45, 7) is 11.3. The normalized spacial score (nSPS) is 17.5. The minimum Gasteiger partial charge on any atom is -0.371 e. The van der Waals surface area contributed by atoms with Gasteiger partial charge in [-0.05, 0) is 43.9 Å². The van der Waals surface area contributed by atoms with Gasteiger partial charge in [0.25, 0.3) is 0 Å². The van der Waals surface area contributed by atoms with E-state index in [1.807, 2.05) is 0 Å². The van der Waals surface area contributed by atoms with Gasteiger partial charge in [-0.15, -0.1) is 0 Å². The van der Waals surface area contributed by atoms with E-state index in [4.69, 9.17) is 0 Å². The molecule has 0 radical (unpaired) electrons. The average molecular weight is 246 g/mol. The maximum atomic E-state index is 3.65. The third-order valence-electron chi connectivity index (χ3n) is 3.98. The van der Waals surface area contributed by atoms with Gasteiger partial charge in [-0.3, -0.25) is 0 Å². The second kappa shape index (κ2) is 5.75. The zero-order valence-corrected chi connectivity index (χ0v) is 12.2. The summed E-state index contributed by atoms with van der Waals surface area (Å²) in [6.07, 6.45) is 2.51. The molecule has 2 heteroatoms. The molecular weight excluding hydrogens is 220 g/mol. The van der Waals surface area contributed by atoms with E-state index in [0.29, 0.717) is 12.1 Å². The monoisotopic (exact) mass is 246 g/mol. The lowest BCUT2D eigenvalue weighted by Crippen LogP contribution is -2.45. The first-order valence-corrected chi connectivity index (χ1v) is 7.15. The van der Waals surface area contributed by atoms with Crippen molar-refractivity contribution in [2.24, 2.45) is 0 Å². The van der Waals surface area contributed by atoms with Crippen LogP contribution in [0.3, 0.4) is 0 Å². The summed E-state index contributed by atoms with van der Waals surface area (Å²) in [4.78, 5) is 2.54. The maximum Gasteiger partial charge on any atom is 0.0398 e. The van der Waals surface area contributed by atoms with Crippen molar-refractivity contribution >= 4 is 5.69 Å². The van der Waals surface area contributed by atoms with E-state index in [-0.39, 0.29) is 0 Å². The van der Waals surface area contributed by atoms with Crippen LogP contribution in [-0.4, -0.2) is 25.2 Å². The number of hydrogen-bond donors (Lipinski definition) is 1. The standard InChI is InChI=1S/C16H26N2/c1-12(2)17-15-8-10-18(11-9-15)16-7-5-6-13(3)14(16)4/h5-7,12,15,17H,8-11H2,1-4H3. The van der Waals surface area contributed by atoms with Gasteiger partial charge in [0.05, 0.1) is 0 Å². The predicted molar refractivity (Wildman–Crippen MR) is 79.4 cm³/mol. The highest BCUT2D eigenvalue weighted by molar-refractivity contribution is 5.56. The Hall–Kier alpha value is -1.02. The van der Waals surface area contributed by atoms with Crippen molar-refractivity contribution in [3.05, 3.63) is 29.3 Å². The number of aryl methyl sites for hydroxylation is 1. The molecule has 0 spiro atoms. The number of nitrogens with one attached hydrogen (secondary N) is 1. The van der Waals surface area contributed by atoms with Crippen LogP contribution in [0.25, 0.3) is 0 Å². The Balaban J connectivity index is 1.99. The largest absolute Gasteiger partial charge is 0.371 e. The molecule has 1 N–H and O–H groups in total. The van der Waals surface area contributed by atoms with Gasteiger partial charge in [0.1, 0.15) is 0 Å². The molecule has 1 aliphatic heterocycles. The lowest BCUT2D eigenvalue weighted by Gasteiger charge is -2.36. The molecule has 18 heavy (non-hydrogen) atoms. The summed E-state index contributed by atoms with van der Waals surface area (Å²) in [6, 6.07) is 7.94. The first-order valence-electron chi connectivity index (χ1n) is 7.15. The molecule has 1 heterocycles. The summed E-state index contributed by atoms with van der Waals surface area (Å²) in [7, 11) is 0. The van der Waals surface area contributed by atoms with E-state index in [1.54, 1.807) is 0 Å². The van der Waals surface area contributed by atoms with Crippen LogP contribution in [0.4, 0.5) is 5.69 Å². The van der Waals surface area contributed by atoms with Crippen molar-refractivity contribution in [1.82, 2.24) is 5.32 Å². The van der Waals surface area contributed by atoms with E-state index >= 15 is 0 Å². The van der Waals surface area contributed by atoms with E-state index in [9.17, 15) is 0 Å². The quantitative estimate of drug-likeness (QED) is 0.880. The number of nitrogens with zero attached hydrogens (tertiary/aromatic N) is 1. The summed E-state index contributed by atoms with van der Waals surface area (Å²) >= 11 is 0. The van der Waals surface area contributed by atoms with Crippen LogP contribution in [0, 0.1) is 13.8 Å². The molecule has 0 unspecified atom stereocenters. The molecule has 1 fully saturated rings. The molecule has 0 atom stereocenters. The maximum absolute atomic E-state index is 3.65. The van der Waals surface area contributed by atoms with E-state index < -0.39 is 0 Å². The molecule has 0 aromatic heterocycles. The third kappa shape index (κ3) is 3.05. The Morgan fingerprint density at radius 3 is 2.44 bits per heavy atom.